The van der Waals surface area contributed by atoms with Crippen molar-refractivity contribution in [2.75, 3.05) is 12.9 Å². The number of hydrogen-bond donors (Lipinski definition) is 3. The first kappa shape index (κ1) is 24.3. The molecule has 0 aliphatic carbocycles. The van der Waals surface area contributed by atoms with E-state index in [1.54, 1.807) is 31.2 Å². The van der Waals surface area contributed by atoms with Crippen LogP contribution in [0.3, 0.4) is 0 Å². The number of hydrogen-bond acceptors (Lipinski definition) is 7. The number of nitrogens with zero attached hydrogens (tertiary/aromatic N) is 1. The molecular formula is C23H27N3O6S. The van der Waals surface area contributed by atoms with E-state index in [-0.39, 0.29) is 29.7 Å². The van der Waals surface area contributed by atoms with Gasteiger partial charge in [0.1, 0.15) is 22.9 Å². The molecule has 1 amide bonds. The summed E-state index contributed by atoms with van der Waals surface area (Å²) < 4.78 is 35.0. The van der Waals surface area contributed by atoms with Gasteiger partial charge in [0, 0.05) is 29.6 Å². The Bertz CT molecular complexity index is 1220. The lowest BCUT2D eigenvalue weighted by Gasteiger charge is -2.14. The number of amides is 1. The SMILES string of the molecule is CC(C)Oc1cc(Oc2ccc(S(C)(=O)=O)nc2)cc(-c2ccc(C(=O)N[C@H](C)CO)[nH]2)c1. The number of H-pyrrole nitrogens is 1. The third kappa shape index (κ3) is 6.56. The maximum atomic E-state index is 12.3. The standard InChI is InChI=1S/C23H27N3O6S/c1-14(2)31-18-9-16(20-6-7-21(26-20)23(28)25-15(3)13-27)10-19(11-18)32-17-5-8-22(24-12-17)33(4,29)30/h5-12,14-15,26-27H,13H2,1-4H3,(H,25,28)/t15-/m1/s1. The molecule has 0 aliphatic rings. The van der Waals surface area contributed by atoms with Crippen LogP contribution in [0, 0.1) is 0 Å². The Labute approximate surface area is 192 Å². The van der Waals surface area contributed by atoms with E-state index in [0.717, 1.165) is 11.8 Å². The van der Waals surface area contributed by atoms with Crippen molar-refractivity contribution in [1.82, 2.24) is 15.3 Å². The molecule has 33 heavy (non-hydrogen) atoms. The van der Waals surface area contributed by atoms with Crippen LogP contribution in [0.2, 0.25) is 0 Å². The topological polar surface area (TPSA) is 131 Å². The molecule has 2 aromatic heterocycles. The first-order valence-corrected chi connectivity index (χ1v) is 12.2. The maximum Gasteiger partial charge on any atom is 0.267 e. The Morgan fingerprint density at radius 3 is 2.42 bits per heavy atom. The number of nitrogens with one attached hydrogen (secondary N) is 2. The van der Waals surface area contributed by atoms with Gasteiger partial charge in [0.05, 0.1) is 18.9 Å². The Hall–Kier alpha value is -3.37. The molecule has 0 unspecified atom stereocenters. The maximum absolute atomic E-state index is 12.3. The van der Waals surface area contributed by atoms with Crippen LogP contribution in [-0.2, 0) is 9.84 Å². The lowest BCUT2D eigenvalue weighted by Crippen LogP contribution is -2.35. The summed E-state index contributed by atoms with van der Waals surface area (Å²) in [6.07, 6.45) is 2.35. The van der Waals surface area contributed by atoms with Gasteiger partial charge in [0.15, 0.2) is 14.9 Å². The fourth-order valence-corrected chi connectivity index (χ4v) is 3.51. The lowest BCUT2D eigenvalue weighted by molar-refractivity contribution is 0.0918. The van der Waals surface area contributed by atoms with Crippen molar-refractivity contribution < 1.29 is 27.8 Å². The molecule has 0 fully saturated rings. The van der Waals surface area contributed by atoms with E-state index in [2.05, 4.69) is 15.3 Å². The van der Waals surface area contributed by atoms with Crippen LogP contribution in [0.15, 0.2) is 53.7 Å². The Morgan fingerprint density at radius 2 is 1.82 bits per heavy atom. The summed E-state index contributed by atoms with van der Waals surface area (Å²) in [5.41, 5.74) is 1.74. The van der Waals surface area contributed by atoms with E-state index in [4.69, 9.17) is 14.6 Å². The molecule has 1 atom stereocenters. The minimum atomic E-state index is -3.41. The van der Waals surface area contributed by atoms with Gasteiger partial charge in [-0.2, -0.15) is 0 Å². The molecule has 3 aromatic rings. The van der Waals surface area contributed by atoms with E-state index >= 15 is 0 Å². The molecule has 0 spiro atoms. The fourth-order valence-electron chi connectivity index (χ4n) is 2.95. The molecule has 2 heterocycles. The second-order valence-electron chi connectivity index (χ2n) is 7.91. The zero-order chi connectivity index (χ0) is 24.2. The molecule has 0 saturated carbocycles. The summed E-state index contributed by atoms with van der Waals surface area (Å²) >= 11 is 0. The van der Waals surface area contributed by atoms with Crippen LogP contribution in [0.25, 0.3) is 11.3 Å². The first-order chi connectivity index (χ1) is 15.5. The predicted molar refractivity (Wildman–Crippen MR) is 123 cm³/mol. The smallest absolute Gasteiger partial charge is 0.267 e. The van der Waals surface area contributed by atoms with Crippen LogP contribution in [0.4, 0.5) is 0 Å². The summed E-state index contributed by atoms with van der Waals surface area (Å²) in [7, 11) is -3.41. The molecule has 176 valence electrons. The third-order valence-electron chi connectivity index (χ3n) is 4.47. The van der Waals surface area contributed by atoms with Gasteiger partial charge in [-0.15, -0.1) is 0 Å². The predicted octanol–water partition coefficient (Wildman–Crippen LogP) is 3.17. The number of carbonyl (C=O) groups is 1. The Kier molecular flexibility index (Phi) is 7.39. The highest BCUT2D eigenvalue weighted by atomic mass is 32.2. The molecule has 3 N–H and O–H groups in total. The largest absolute Gasteiger partial charge is 0.491 e. The van der Waals surface area contributed by atoms with E-state index in [9.17, 15) is 13.2 Å². The van der Waals surface area contributed by atoms with Crippen LogP contribution in [0.5, 0.6) is 17.2 Å². The molecular weight excluding hydrogens is 446 g/mol. The van der Waals surface area contributed by atoms with E-state index < -0.39 is 9.84 Å². The molecule has 9 nitrogen and oxygen atoms in total. The highest BCUT2D eigenvalue weighted by Gasteiger charge is 2.14. The molecule has 0 saturated heterocycles. The van der Waals surface area contributed by atoms with Crippen molar-refractivity contribution in [2.24, 2.45) is 0 Å². The van der Waals surface area contributed by atoms with Gasteiger partial charge in [0.2, 0.25) is 0 Å². The number of benzene rings is 1. The zero-order valence-corrected chi connectivity index (χ0v) is 19.6. The van der Waals surface area contributed by atoms with Gasteiger partial charge in [-0.3, -0.25) is 4.79 Å². The Morgan fingerprint density at radius 1 is 1.09 bits per heavy atom. The highest BCUT2D eigenvalue weighted by Crippen LogP contribution is 2.32. The molecule has 10 heteroatoms. The van der Waals surface area contributed by atoms with Crippen LogP contribution >= 0.6 is 0 Å². The van der Waals surface area contributed by atoms with Crippen LogP contribution in [0.1, 0.15) is 31.3 Å². The number of rotatable bonds is 9. The number of aliphatic hydroxyl groups excluding tert-OH is 1. The van der Waals surface area contributed by atoms with Gasteiger partial charge < -0.3 is 24.9 Å². The number of ether oxygens (including phenoxy) is 2. The summed E-state index contributed by atoms with van der Waals surface area (Å²) in [6, 6.07) is 11.3. The minimum Gasteiger partial charge on any atom is -0.491 e. The summed E-state index contributed by atoms with van der Waals surface area (Å²) in [5, 5.41) is 11.8. The van der Waals surface area contributed by atoms with E-state index in [1.807, 2.05) is 19.9 Å². The normalized spacial score (nSPS) is 12.4. The van der Waals surface area contributed by atoms with Gasteiger partial charge >= 0.3 is 0 Å². The number of carbonyl (C=O) groups excluding carboxylic acids is 1. The average Bonchev–Trinajstić information content (AvgIpc) is 3.23. The lowest BCUT2D eigenvalue weighted by atomic mass is 10.1. The summed E-state index contributed by atoms with van der Waals surface area (Å²) in [6.45, 7) is 5.35. The molecule has 0 radical (unpaired) electrons. The first-order valence-electron chi connectivity index (χ1n) is 10.3. The number of aliphatic hydroxyl groups is 1. The van der Waals surface area contributed by atoms with Crippen molar-refractivity contribution >= 4 is 15.7 Å². The second kappa shape index (κ2) is 10.1. The van der Waals surface area contributed by atoms with Crippen LogP contribution in [-0.4, -0.2) is 54.4 Å². The van der Waals surface area contributed by atoms with E-state index in [0.29, 0.717) is 28.6 Å². The fraction of sp³-hybridized carbons (Fsp3) is 0.304. The average molecular weight is 474 g/mol. The van der Waals surface area contributed by atoms with Crippen molar-refractivity contribution in [3.63, 3.8) is 0 Å². The molecule has 0 aliphatic heterocycles. The number of sulfone groups is 1. The van der Waals surface area contributed by atoms with Crippen molar-refractivity contribution in [3.8, 4) is 28.5 Å². The number of aromatic amines is 1. The molecule has 1 aromatic carbocycles. The summed E-state index contributed by atoms with van der Waals surface area (Å²) in [5.74, 6) is 1.05. The zero-order valence-electron chi connectivity index (χ0n) is 18.8. The van der Waals surface area contributed by atoms with Gasteiger partial charge in [0.25, 0.3) is 5.91 Å². The number of aromatic nitrogens is 2. The minimum absolute atomic E-state index is 0.0415. The Balaban J connectivity index is 1.90. The molecule has 3 rings (SSSR count). The van der Waals surface area contributed by atoms with Crippen molar-refractivity contribution in [3.05, 3.63) is 54.4 Å². The van der Waals surface area contributed by atoms with Gasteiger partial charge in [-0.1, -0.05) is 0 Å². The third-order valence-corrected chi connectivity index (χ3v) is 5.47. The van der Waals surface area contributed by atoms with Gasteiger partial charge in [-0.05, 0) is 57.2 Å². The quantitative estimate of drug-likeness (QED) is 0.435. The second-order valence-corrected chi connectivity index (χ2v) is 9.87. The van der Waals surface area contributed by atoms with Crippen molar-refractivity contribution in [2.45, 2.75) is 37.9 Å². The van der Waals surface area contributed by atoms with Crippen LogP contribution < -0.4 is 14.8 Å². The molecule has 0 bridgehead atoms. The van der Waals surface area contributed by atoms with Crippen molar-refractivity contribution in [1.29, 1.82) is 0 Å². The monoisotopic (exact) mass is 473 g/mol. The highest BCUT2D eigenvalue weighted by molar-refractivity contribution is 7.90. The summed E-state index contributed by atoms with van der Waals surface area (Å²) in [4.78, 5) is 19.3. The van der Waals surface area contributed by atoms with Gasteiger partial charge in [-0.25, -0.2) is 13.4 Å². The van der Waals surface area contributed by atoms with E-state index in [1.165, 1.54) is 18.3 Å². The number of pyridine rings is 1.